The molecule has 0 radical (unpaired) electrons. The number of esters is 1. The number of ether oxygens (including phenoxy) is 1. The third-order valence-electron chi connectivity index (χ3n) is 11.0. The van der Waals surface area contributed by atoms with Crippen LogP contribution in [0.2, 0.25) is 0 Å². The van der Waals surface area contributed by atoms with Crippen LogP contribution in [0.3, 0.4) is 0 Å². The van der Waals surface area contributed by atoms with Gasteiger partial charge in [-0.2, -0.15) is 0 Å². The lowest BCUT2D eigenvalue weighted by Gasteiger charge is -2.24. The van der Waals surface area contributed by atoms with Gasteiger partial charge in [-0.3, -0.25) is 9.59 Å². The maximum Gasteiger partial charge on any atom is 0.306 e. The molecule has 0 aliphatic rings. The van der Waals surface area contributed by atoms with Gasteiger partial charge in [0.2, 0.25) is 5.91 Å². The number of carbonyl (C=O) groups is 2. The van der Waals surface area contributed by atoms with E-state index < -0.39 is 18.2 Å². The van der Waals surface area contributed by atoms with Crippen LogP contribution < -0.4 is 5.32 Å². The van der Waals surface area contributed by atoms with Crippen LogP contribution in [0.5, 0.6) is 0 Å². The van der Waals surface area contributed by atoms with E-state index in [2.05, 4.69) is 142 Å². The fourth-order valence-corrected chi connectivity index (χ4v) is 7.07. The number of aliphatic hydroxyl groups is 2. The Morgan fingerprint density at radius 2 is 0.818 bits per heavy atom. The number of carbonyl (C=O) groups excluding carboxylic acids is 2. The highest BCUT2D eigenvalue weighted by Crippen LogP contribution is 2.15. The molecule has 1 amide bonds. The predicted octanol–water partition coefficient (Wildman–Crippen LogP) is 16.2. The summed E-state index contributed by atoms with van der Waals surface area (Å²) < 4.78 is 5.83. The van der Waals surface area contributed by atoms with Gasteiger partial charge in [-0.1, -0.05) is 238 Å². The molecule has 3 N–H and O–H groups in total. The van der Waals surface area contributed by atoms with Gasteiger partial charge in [0.25, 0.3) is 0 Å². The van der Waals surface area contributed by atoms with Crippen molar-refractivity contribution >= 4 is 11.9 Å². The Morgan fingerprint density at radius 3 is 1.20 bits per heavy atom. The molecule has 3 unspecified atom stereocenters. The van der Waals surface area contributed by atoms with Crippen LogP contribution in [-0.4, -0.2) is 46.9 Å². The lowest BCUT2D eigenvalue weighted by atomic mass is 10.0. The van der Waals surface area contributed by atoms with E-state index in [0.717, 1.165) is 89.9 Å². The molecule has 0 aromatic carbocycles. The van der Waals surface area contributed by atoms with Gasteiger partial charge in [0.05, 0.1) is 25.2 Å². The molecular formula is C60H97NO5. The number of nitrogens with one attached hydrogen (secondary N) is 1. The van der Waals surface area contributed by atoms with Gasteiger partial charge < -0.3 is 20.3 Å². The number of amides is 1. The molecular weight excluding hydrogens is 815 g/mol. The van der Waals surface area contributed by atoms with Crippen LogP contribution >= 0.6 is 0 Å². The van der Waals surface area contributed by atoms with Gasteiger partial charge in [-0.15, -0.1) is 0 Å². The minimum Gasteiger partial charge on any atom is -0.461 e. The Morgan fingerprint density at radius 1 is 0.470 bits per heavy atom. The molecule has 0 rings (SSSR count). The fourth-order valence-electron chi connectivity index (χ4n) is 7.07. The van der Waals surface area contributed by atoms with Gasteiger partial charge >= 0.3 is 5.97 Å². The number of allylic oxidation sites excluding steroid dienone is 21. The second-order valence-corrected chi connectivity index (χ2v) is 17.2. The number of aliphatic hydroxyl groups excluding tert-OH is 2. The molecule has 0 spiro atoms. The Balaban J connectivity index is 4.85. The second kappa shape index (κ2) is 52.0. The molecule has 0 heterocycles. The molecule has 0 aromatic rings. The minimum atomic E-state index is -0.833. The van der Waals surface area contributed by atoms with Crippen LogP contribution in [0.25, 0.3) is 0 Å². The molecule has 0 aliphatic heterocycles. The van der Waals surface area contributed by atoms with Crippen LogP contribution in [0, 0.1) is 0 Å². The molecule has 0 fully saturated rings. The predicted molar refractivity (Wildman–Crippen MR) is 286 cm³/mol. The fraction of sp³-hybridized carbons (Fsp3) is 0.600. The monoisotopic (exact) mass is 912 g/mol. The summed E-state index contributed by atoms with van der Waals surface area (Å²) in [5.41, 5.74) is 0. The molecule has 0 bridgehead atoms. The lowest BCUT2D eigenvalue weighted by Crippen LogP contribution is -2.46. The van der Waals surface area contributed by atoms with Gasteiger partial charge in [0.15, 0.2) is 0 Å². The maximum absolute atomic E-state index is 13.2. The van der Waals surface area contributed by atoms with Crippen LogP contribution in [0.15, 0.2) is 134 Å². The van der Waals surface area contributed by atoms with Gasteiger partial charge in [-0.05, 0) is 83.5 Å². The van der Waals surface area contributed by atoms with Crippen molar-refractivity contribution in [3.05, 3.63) is 134 Å². The highest BCUT2D eigenvalue weighted by atomic mass is 16.5. The van der Waals surface area contributed by atoms with Crippen molar-refractivity contribution in [2.24, 2.45) is 0 Å². The van der Waals surface area contributed by atoms with E-state index in [1.54, 1.807) is 0 Å². The smallest absolute Gasteiger partial charge is 0.306 e. The summed E-state index contributed by atoms with van der Waals surface area (Å²) in [6, 6.07) is -0.757. The Labute approximate surface area is 405 Å². The maximum atomic E-state index is 13.2. The van der Waals surface area contributed by atoms with Crippen molar-refractivity contribution in [1.29, 1.82) is 0 Å². The SMILES string of the molecule is CC/C=C\C/C=C\C/C=C\C/C=C\C/C=C\C/C=C\CCC(=O)OC(C/C=C\C/C=C\C/C=C\C/C=C\C/C=C\CC)CC(=O)NC(CO)C(O)CCCCCCCCCCCCCCC. The normalized spacial score (nSPS) is 14.3. The molecule has 6 heteroatoms. The number of hydrogen-bond acceptors (Lipinski definition) is 5. The highest BCUT2D eigenvalue weighted by molar-refractivity contribution is 5.77. The van der Waals surface area contributed by atoms with Crippen molar-refractivity contribution in [2.45, 2.75) is 225 Å². The summed E-state index contributed by atoms with van der Waals surface area (Å²) in [7, 11) is 0. The van der Waals surface area contributed by atoms with E-state index in [4.69, 9.17) is 4.74 Å². The zero-order valence-corrected chi connectivity index (χ0v) is 42.3. The summed E-state index contributed by atoms with van der Waals surface area (Å²) >= 11 is 0. The van der Waals surface area contributed by atoms with E-state index >= 15 is 0 Å². The Hall–Kier alpha value is -4.00. The zero-order valence-electron chi connectivity index (χ0n) is 42.3. The summed E-state index contributed by atoms with van der Waals surface area (Å²) in [5.74, 6) is -0.693. The highest BCUT2D eigenvalue weighted by Gasteiger charge is 2.23. The first-order valence-corrected chi connectivity index (χ1v) is 26.4. The quantitative estimate of drug-likeness (QED) is 0.0321. The standard InChI is InChI=1S/C60H97NO5/c1-4-7-10-13-16-19-22-25-27-28-29-30-32-35-38-41-44-47-50-53-60(65)66-56(51-48-45-42-39-36-34-31-26-23-20-17-14-11-8-5-2)54-59(64)61-57(55-62)58(63)52-49-46-43-40-37-33-24-21-18-15-12-9-6-3/h7-8,10-11,16-17,19-20,25-27,29-31,35-36,38-39,44-45,47-48,56-58,62-63H,4-6,9,12-15,18,21-24,28,32-34,37,40-43,46,49-55H2,1-3H3,(H,61,64)/b10-7-,11-8-,19-16-,20-17-,27-25-,30-29-,31-26-,38-35-,39-36-,47-44-,48-45-. The second-order valence-electron chi connectivity index (χ2n) is 17.2. The largest absolute Gasteiger partial charge is 0.461 e. The van der Waals surface area contributed by atoms with Crippen molar-refractivity contribution in [2.75, 3.05) is 6.61 Å². The zero-order chi connectivity index (χ0) is 48.1. The molecule has 0 aliphatic carbocycles. The number of unbranched alkanes of at least 4 members (excludes halogenated alkanes) is 12. The van der Waals surface area contributed by atoms with Crippen LogP contribution in [-0.2, 0) is 14.3 Å². The minimum absolute atomic E-state index is 0.0398. The van der Waals surface area contributed by atoms with Gasteiger partial charge in [-0.25, -0.2) is 0 Å². The molecule has 372 valence electrons. The molecule has 0 saturated carbocycles. The molecule has 6 nitrogen and oxygen atoms in total. The Kier molecular flexibility index (Phi) is 48.8. The van der Waals surface area contributed by atoms with Crippen molar-refractivity contribution < 1.29 is 24.5 Å². The van der Waals surface area contributed by atoms with E-state index in [-0.39, 0.29) is 31.3 Å². The summed E-state index contributed by atoms with van der Waals surface area (Å²) in [4.78, 5) is 26.1. The topological polar surface area (TPSA) is 95.9 Å². The first kappa shape index (κ1) is 62.0. The lowest BCUT2D eigenvalue weighted by molar-refractivity contribution is -0.150. The number of hydrogen-bond donors (Lipinski definition) is 3. The Bertz CT molecular complexity index is 1440. The first-order chi connectivity index (χ1) is 32.5. The summed E-state index contributed by atoms with van der Waals surface area (Å²) in [6.45, 7) is 6.20. The summed E-state index contributed by atoms with van der Waals surface area (Å²) in [5, 5.41) is 23.7. The average molecular weight is 912 g/mol. The number of rotatable bonds is 45. The third-order valence-corrected chi connectivity index (χ3v) is 11.0. The van der Waals surface area contributed by atoms with Crippen molar-refractivity contribution in [3.63, 3.8) is 0 Å². The van der Waals surface area contributed by atoms with E-state index in [0.29, 0.717) is 19.3 Å². The third kappa shape index (κ3) is 46.5. The summed E-state index contributed by atoms with van der Waals surface area (Å²) in [6.07, 6.45) is 73.9. The van der Waals surface area contributed by atoms with Crippen LogP contribution in [0.4, 0.5) is 0 Å². The molecule has 0 aromatic heterocycles. The van der Waals surface area contributed by atoms with Crippen molar-refractivity contribution in [3.8, 4) is 0 Å². The molecule has 66 heavy (non-hydrogen) atoms. The van der Waals surface area contributed by atoms with E-state index in [9.17, 15) is 19.8 Å². The average Bonchev–Trinajstić information content (AvgIpc) is 3.31. The van der Waals surface area contributed by atoms with E-state index in [1.165, 1.54) is 64.2 Å². The van der Waals surface area contributed by atoms with Gasteiger partial charge in [0, 0.05) is 12.8 Å². The van der Waals surface area contributed by atoms with Gasteiger partial charge in [0.1, 0.15) is 6.10 Å². The van der Waals surface area contributed by atoms with E-state index in [1.807, 2.05) is 18.2 Å². The van der Waals surface area contributed by atoms with Crippen LogP contribution in [0.1, 0.15) is 207 Å². The molecule has 3 atom stereocenters. The molecule has 0 saturated heterocycles. The first-order valence-electron chi connectivity index (χ1n) is 26.4. The van der Waals surface area contributed by atoms with Crippen molar-refractivity contribution in [1.82, 2.24) is 5.32 Å².